The number of nitrogens with zero attached hydrogens (tertiary/aromatic N) is 3. The fourth-order valence-electron chi connectivity index (χ4n) is 3.83. The predicted octanol–water partition coefficient (Wildman–Crippen LogP) is -0.747. The topological polar surface area (TPSA) is 135 Å². The Morgan fingerprint density at radius 1 is 1.22 bits per heavy atom. The Morgan fingerprint density at radius 3 is 2.62 bits per heavy atom. The van der Waals surface area contributed by atoms with Crippen LogP contribution in [0.15, 0.2) is 42.7 Å². The minimum absolute atomic E-state index is 0.127. The second-order valence-electron chi connectivity index (χ2n) is 8.15. The maximum absolute atomic E-state index is 13.1. The monoisotopic (exact) mass is 438 g/mol. The van der Waals surface area contributed by atoms with Crippen LogP contribution in [0.25, 0.3) is 0 Å². The Labute approximate surface area is 185 Å². The Balaban J connectivity index is 1.48. The maximum Gasteiger partial charge on any atom is 0.290 e. The third kappa shape index (κ3) is 5.20. The summed E-state index contributed by atoms with van der Waals surface area (Å²) < 4.78 is 1.63. The Morgan fingerprint density at radius 2 is 1.97 bits per heavy atom. The predicted molar refractivity (Wildman–Crippen MR) is 114 cm³/mol. The van der Waals surface area contributed by atoms with Crippen LogP contribution in [0, 0.1) is 0 Å². The first-order valence-corrected chi connectivity index (χ1v) is 10.6. The van der Waals surface area contributed by atoms with E-state index < -0.39 is 29.7 Å². The number of carbonyl (C=O) groups excluding carboxylic acids is 4. The summed E-state index contributed by atoms with van der Waals surface area (Å²) in [5.74, 6) is -2.01. The van der Waals surface area contributed by atoms with Crippen molar-refractivity contribution in [3.05, 3.63) is 53.9 Å². The number of aromatic nitrogens is 2. The van der Waals surface area contributed by atoms with Gasteiger partial charge in [0.05, 0.1) is 12.4 Å². The van der Waals surface area contributed by atoms with E-state index in [4.69, 9.17) is 0 Å². The zero-order valence-electron chi connectivity index (χ0n) is 17.8. The lowest BCUT2D eigenvalue weighted by Gasteiger charge is -2.26. The highest BCUT2D eigenvalue weighted by atomic mass is 16.2. The van der Waals surface area contributed by atoms with Gasteiger partial charge in [-0.3, -0.25) is 29.2 Å². The molecule has 3 amide bonds. The molecule has 2 saturated heterocycles. The quantitative estimate of drug-likeness (QED) is 0.348. The van der Waals surface area contributed by atoms with Gasteiger partial charge in [0.1, 0.15) is 12.1 Å². The molecule has 0 radical (unpaired) electrons. The van der Waals surface area contributed by atoms with Crippen LogP contribution in [-0.2, 0) is 39.2 Å². The zero-order valence-corrected chi connectivity index (χ0v) is 17.8. The molecule has 2 unspecified atom stereocenters. The van der Waals surface area contributed by atoms with E-state index in [1.165, 1.54) is 4.90 Å². The minimum atomic E-state index is -1.03. The summed E-state index contributed by atoms with van der Waals surface area (Å²) in [6.45, 7) is 0.873. The van der Waals surface area contributed by atoms with Gasteiger partial charge in [-0.05, 0) is 12.0 Å². The summed E-state index contributed by atoms with van der Waals surface area (Å²) >= 11 is 0. The molecule has 0 saturated carbocycles. The molecular formula is C22H26N6O4. The molecule has 0 spiro atoms. The van der Waals surface area contributed by atoms with E-state index in [9.17, 15) is 19.2 Å². The third-order valence-electron chi connectivity index (χ3n) is 5.60. The van der Waals surface area contributed by atoms with Crippen molar-refractivity contribution < 1.29 is 19.2 Å². The lowest BCUT2D eigenvalue weighted by Crippen LogP contribution is -2.53. The van der Waals surface area contributed by atoms with Crippen molar-refractivity contribution in [1.29, 1.82) is 0 Å². The highest BCUT2D eigenvalue weighted by molar-refractivity contribution is 6.38. The van der Waals surface area contributed by atoms with Crippen LogP contribution in [0.5, 0.6) is 0 Å². The molecule has 10 nitrogen and oxygen atoms in total. The van der Waals surface area contributed by atoms with Crippen molar-refractivity contribution >= 4 is 23.5 Å². The van der Waals surface area contributed by atoms with E-state index >= 15 is 0 Å². The third-order valence-corrected chi connectivity index (χ3v) is 5.60. The first-order chi connectivity index (χ1) is 15.4. The molecule has 3 heterocycles. The van der Waals surface area contributed by atoms with Gasteiger partial charge in [-0.15, -0.1) is 0 Å². The van der Waals surface area contributed by atoms with E-state index in [1.54, 1.807) is 24.1 Å². The lowest BCUT2D eigenvalue weighted by atomic mass is 10.0. The fraction of sp³-hybridized carbons (Fsp3) is 0.409. The van der Waals surface area contributed by atoms with Crippen molar-refractivity contribution in [2.24, 2.45) is 7.05 Å². The van der Waals surface area contributed by atoms with E-state index in [0.717, 1.165) is 11.1 Å². The SMILES string of the molecule is Cn1cc(CN2C(=O)CC[C@@H]2C(=O)NC(Cc2ccccc2)C(=O)C(=O)NC2CN2)cn1. The van der Waals surface area contributed by atoms with Crippen LogP contribution in [0.4, 0.5) is 0 Å². The van der Waals surface area contributed by atoms with Gasteiger partial charge >= 0.3 is 0 Å². The average molecular weight is 438 g/mol. The maximum atomic E-state index is 13.1. The number of hydrogen-bond acceptors (Lipinski definition) is 6. The molecule has 3 N–H and O–H groups in total. The zero-order chi connectivity index (χ0) is 22.7. The van der Waals surface area contributed by atoms with Crippen LogP contribution in [0.2, 0.25) is 0 Å². The van der Waals surface area contributed by atoms with E-state index in [2.05, 4.69) is 21.0 Å². The molecule has 0 bridgehead atoms. The summed E-state index contributed by atoms with van der Waals surface area (Å²) in [6, 6.07) is 7.45. The van der Waals surface area contributed by atoms with E-state index in [-0.39, 0.29) is 31.5 Å². The summed E-state index contributed by atoms with van der Waals surface area (Å²) in [4.78, 5) is 52.3. The number of nitrogens with one attached hydrogen (secondary N) is 3. The molecular weight excluding hydrogens is 412 g/mol. The summed E-state index contributed by atoms with van der Waals surface area (Å²) in [5, 5.41) is 12.3. The van der Waals surface area contributed by atoms with Gasteiger partial charge in [0.25, 0.3) is 5.91 Å². The summed E-state index contributed by atoms with van der Waals surface area (Å²) in [7, 11) is 1.78. The Kier molecular flexibility index (Phi) is 6.31. The van der Waals surface area contributed by atoms with Gasteiger partial charge in [0.15, 0.2) is 0 Å². The number of carbonyl (C=O) groups is 4. The Bertz CT molecular complexity index is 1020. The molecule has 32 heavy (non-hydrogen) atoms. The van der Waals surface area contributed by atoms with Crippen LogP contribution in [0.3, 0.4) is 0 Å². The standard InChI is InChI=1S/C22H26N6O4/c1-27-12-15(10-24-27)13-28-17(7-8-19(28)29)21(31)25-16(9-14-5-3-2-4-6-14)20(30)22(32)26-18-11-23-18/h2-6,10,12,16-18,23H,7-9,11,13H2,1H3,(H,25,31)(H,26,32)/t16?,17-,18?/m1/s1. The molecule has 2 aromatic rings. The first-order valence-electron chi connectivity index (χ1n) is 10.6. The van der Waals surface area contributed by atoms with E-state index in [1.807, 2.05) is 30.3 Å². The van der Waals surface area contributed by atoms with Crippen LogP contribution >= 0.6 is 0 Å². The minimum Gasteiger partial charge on any atom is -0.344 e. The molecule has 2 aliphatic rings. The molecule has 3 atom stereocenters. The van der Waals surface area contributed by atoms with Crippen molar-refractivity contribution in [3.8, 4) is 0 Å². The number of Topliss-reactive ketones (excluding diaryl/α,β-unsaturated/α-hetero) is 1. The highest BCUT2D eigenvalue weighted by Crippen LogP contribution is 2.22. The second kappa shape index (κ2) is 9.31. The van der Waals surface area contributed by atoms with Gasteiger partial charge in [-0.1, -0.05) is 30.3 Å². The van der Waals surface area contributed by atoms with Crippen LogP contribution in [0.1, 0.15) is 24.0 Å². The van der Waals surface area contributed by atoms with Crippen LogP contribution < -0.4 is 16.0 Å². The van der Waals surface area contributed by atoms with Crippen molar-refractivity contribution in [1.82, 2.24) is 30.6 Å². The number of benzene rings is 1. The first kappa shape index (κ1) is 21.7. The Hall–Kier alpha value is -3.53. The second-order valence-corrected chi connectivity index (χ2v) is 8.15. The summed E-state index contributed by atoms with van der Waals surface area (Å²) in [6.07, 6.45) is 4.03. The van der Waals surface area contributed by atoms with E-state index in [0.29, 0.717) is 13.0 Å². The molecule has 2 aliphatic heterocycles. The van der Waals surface area contributed by atoms with Gasteiger partial charge in [0, 0.05) is 44.7 Å². The fourth-order valence-corrected chi connectivity index (χ4v) is 3.83. The van der Waals surface area contributed by atoms with Gasteiger partial charge in [-0.2, -0.15) is 5.10 Å². The summed E-state index contributed by atoms with van der Waals surface area (Å²) in [5.41, 5.74) is 1.63. The number of likely N-dealkylation sites (tertiary alicyclic amines) is 1. The molecule has 10 heteroatoms. The van der Waals surface area contributed by atoms with Gasteiger partial charge in [-0.25, -0.2) is 0 Å². The van der Waals surface area contributed by atoms with Gasteiger partial charge < -0.3 is 15.5 Å². The molecule has 4 rings (SSSR count). The molecule has 168 valence electrons. The number of aryl methyl sites for hydroxylation is 1. The van der Waals surface area contributed by atoms with Crippen molar-refractivity contribution in [3.63, 3.8) is 0 Å². The lowest BCUT2D eigenvalue weighted by molar-refractivity contribution is -0.141. The van der Waals surface area contributed by atoms with Crippen LogP contribution in [-0.4, -0.2) is 63.0 Å². The highest BCUT2D eigenvalue weighted by Gasteiger charge is 2.39. The molecule has 0 aliphatic carbocycles. The molecule has 1 aromatic heterocycles. The van der Waals surface area contributed by atoms with Gasteiger partial charge in [0.2, 0.25) is 17.6 Å². The largest absolute Gasteiger partial charge is 0.344 e. The number of rotatable bonds is 9. The normalized spacial score (nSPS) is 20.7. The average Bonchev–Trinajstić information content (AvgIpc) is 3.39. The number of amides is 3. The van der Waals surface area contributed by atoms with Crippen molar-refractivity contribution in [2.45, 2.75) is 44.1 Å². The smallest absolute Gasteiger partial charge is 0.290 e. The number of hydrogen-bond donors (Lipinski definition) is 3. The molecule has 2 fully saturated rings. The molecule has 1 aromatic carbocycles. The number of ketones is 1. The van der Waals surface area contributed by atoms with Crippen molar-refractivity contribution in [2.75, 3.05) is 6.54 Å².